The minimum Gasteiger partial charge on any atom is -0.275 e. The summed E-state index contributed by atoms with van der Waals surface area (Å²) in [6.07, 6.45) is 10.0. The summed E-state index contributed by atoms with van der Waals surface area (Å²) in [4.78, 5) is 35.5. The lowest BCUT2D eigenvalue weighted by Gasteiger charge is -2.23. The van der Waals surface area contributed by atoms with Gasteiger partial charge in [0.05, 0.1) is 13.1 Å². The van der Waals surface area contributed by atoms with Gasteiger partial charge in [-0.05, 0) is 0 Å². The van der Waals surface area contributed by atoms with E-state index in [1.165, 1.54) is 13.8 Å². The average Bonchev–Trinajstić information content (AvgIpc) is 2.20. The zero-order valence-corrected chi connectivity index (χ0v) is 9.19. The molecule has 0 radical (unpaired) electrons. The van der Waals surface area contributed by atoms with Crippen LogP contribution < -0.4 is 0 Å². The number of urea groups is 1. The highest BCUT2D eigenvalue weighted by Crippen LogP contribution is 2.00. The van der Waals surface area contributed by atoms with Gasteiger partial charge >= 0.3 is 6.03 Å². The second-order valence-corrected chi connectivity index (χ2v) is 2.90. The Morgan fingerprint density at radius 3 is 1.44 bits per heavy atom. The molecule has 0 aliphatic carbocycles. The van der Waals surface area contributed by atoms with Gasteiger partial charge in [0.15, 0.2) is 0 Å². The summed E-state index contributed by atoms with van der Waals surface area (Å²) in [5.41, 5.74) is 0. The number of hydrogen-bond donors (Lipinski definition) is 0. The number of terminal acetylenes is 2. The Kier molecular flexibility index (Phi) is 5.37. The summed E-state index contributed by atoms with van der Waals surface area (Å²) < 4.78 is 0. The quantitative estimate of drug-likeness (QED) is 0.619. The molecule has 0 bridgehead atoms. The van der Waals surface area contributed by atoms with Crippen LogP contribution in [0.4, 0.5) is 4.79 Å². The Balaban J connectivity index is 4.97. The summed E-state index contributed by atoms with van der Waals surface area (Å²) in [6.45, 7) is 1.98. The highest BCUT2D eigenvalue weighted by Gasteiger charge is 2.25. The lowest BCUT2D eigenvalue weighted by molar-refractivity contribution is -0.128. The van der Waals surface area contributed by atoms with E-state index in [-0.39, 0.29) is 13.1 Å². The predicted octanol–water partition coefficient (Wildman–Crippen LogP) is 0.0698. The Morgan fingerprint density at radius 2 is 1.25 bits per heavy atom. The van der Waals surface area contributed by atoms with E-state index in [0.717, 1.165) is 9.80 Å². The fraction of sp³-hybridized carbons (Fsp3) is 0.364. The number of amides is 4. The van der Waals surface area contributed by atoms with Gasteiger partial charge in [-0.25, -0.2) is 4.79 Å². The lowest BCUT2D eigenvalue weighted by Crippen LogP contribution is -2.47. The van der Waals surface area contributed by atoms with Crippen molar-refractivity contribution in [2.45, 2.75) is 13.8 Å². The van der Waals surface area contributed by atoms with Crippen molar-refractivity contribution in [3.8, 4) is 24.7 Å². The third-order valence-corrected chi connectivity index (χ3v) is 1.72. The monoisotopic (exact) mass is 220 g/mol. The van der Waals surface area contributed by atoms with E-state index in [9.17, 15) is 14.4 Å². The molecule has 5 heteroatoms. The molecule has 0 unspecified atom stereocenters. The van der Waals surface area contributed by atoms with Gasteiger partial charge in [-0.2, -0.15) is 0 Å². The molecule has 4 amide bonds. The van der Waals surface area contributed by atoms with Crippen LogP contribution in [0.5, 0.6) is 0 Å². The SMILES string of the molecule is C#CCN(C(C)=O)C(=O)N(CC#C)C(C)=O. The predicted molar refractivity (Wildman–Crippen MR) is 57.8 cm³/mol. The number of imide groups is 2. The van der Waals surface area contributed by atoms with Gasteiger partial charge in [0.25, 0.3) is 0 Å². The Morgan fingerprint density at radius 1 is 0.938 bits per heavy atom. The standard InChI is InChI=1S/C11H12N2O3/c1-5-7-12(9(3)14)11(16)13(8-6-2)10(4)15/h1-2H,7-8H2,3-4H3. The molecule has 0 aliphatic rings. The molecule has 84 valence electrons. The van der Waals surface area contributed by atoms with Gasteiger partial charge in [0, 0.05) is 13.8 Å². The van der Waals surface area contributed by atoms with Crippen LogP contribution in [-0.4, -0.2) is 40.7 Å². The van der Waals surface area contributed by atoms with Crippen molar-refractivity contribution in [1.82, 2.24) is 9.80 Å². The maximum atomic E-state index is 11.7. The molecule has 16 heavy (non-hydrogen) atoms. The molecule has 5 nitrogen and oxygen atoms in total. The molecule has 0 saturated heterocycles. The van der Waals surface area contributed by atoms with Gasteiger partial charge in [-0.3, -0.25) is 19.4 Å². The van der Waals surface area contributed by atoms with Crippen molar-refractivity contribution in [2.75, 3.05) is 13.1 Å². The first-order chi connectivity index (χ1) is 7.45. The molecule has 0 spiro atoms. The summed E-state index contributed by atoms with van der Waals surface area (Å²) in [5.74, 6) is 3.25. The van der Waals surface area contributed by atoms with Gasteiger partial charge in [-0.1, -0.05) is 11.8 Å². The van der Waals surface area contributed by atoms with Crippen molar-refractivity contribution in [1.29, 1.82) is 0 Å². The fourth-order valence-corrected chi connectivity index (χ4v) is 0.956. The van der Waals surface area contributed by atoms with E-state index in [2.05, 4.69) is 11.8 Å². The molecule has 0 N–H and O–H groups in total. The number of nitrogens with zero attached hydrogens (tertiary/aromatic N) is 2. The Labute approximate surface area is 94.4 Å². The number of carbonyl (C=O) groups is 3. The van der Waals surface area contributed by atoms with Gasteiger partial charge < -0.3 is 0 Å². The third kappa shape index (κ3) is 3.47. The highest BCUT2D eigenvalue weighted by molar-refractivity contribution is 6.01. The van der Waals surface area contributed by atoms with Crippen LogP contribution in [0.1, 0.15) is 13.8 Å². The zero-order chi connectivity index (χ0) is 12.7. The largest absolute Gasteiger partial charge is 0.335 e. The van der Waals surface area contributed by atoms with Crippen LogP contribution in [0.3, 0.4) is 0 Å². The molecule has 0 aromatic carbocycles. The number of carbonyl (C=O) groups excluding carboxylic acids is 3. The molecule has 0 heterocycles. The van der Waals surface area contributed by atoms with E-state index in [1.54, 1.807) is 0 Å². The van der Waals surface area contributed by atoms with Crippen molar-refractivity contribution in [3.63, 3.8) is 0 Å². The molecule has 0 fully saturated rings. The minimum atomic E-state index is -0.795. The van der Waals surface area contributed by atoms with Gasteiger partial charge in [0.1, 0.15) is 0 Å². The summed E-state index contributed by atoms with van der Waals surface area (Å²) >= 11 is 0. The first-order valence-electron chi connectivity index (χ1n) is 4.42. The van der Waals surface area contributed by atoms with Crippen LogP contribution in [0.25, 0.3) is 0 Å². The first-order valence-corrected chi connectivity index (χ1v) is 4.42. The van der Waals surface area contributed by atoms with Crippen LogP contribution in [0, 0.1) is 24.7 Å². The second-order valence-electron chi connectivity index (χ2n) is 2.90. The summed E-state index contributed by atoms with van der Waals surface area (Å²) in [7, 11) is 0. The summed E-state index contributed by atoms with van der Waals surface area (Å²) in [5, 5.41) is 0. The lowest BCUT2D eigenvalue weighted by atomic mass is 10.4. The van der Waals surface area contributed by atoms with E-state index in [4.69, 9.17) is 12.8 Å². The molecule has 0 rings (SSSR count). The zero-order valence-electron chi connectivity index (χ0n) is 9.19. The minimum absolute atomic E-state index is 0.192. The number of hydrogen-bond acceptors (Lipinski definition) is 3. The molecular formula is C11H12N2O3. The molecule has 0 saturated carbocycles. The first kappa shape index (κ1) is 13.7. The third-order valence-electron chi connectivity index (χ3n) is 1.72. The van der Waals surface area contributed by atoms with E-state index in [0.29, 0.717) is 0 Å². The maximum absolute atomic E-state index is 11.7. The maximum Gasteiger partial charge on any atom is 0.335 e. The molecule has 0 aromatic heterocycles. The average molecular weight is 220 g/mol. The molecule has 0 aromatic rings. The van der Waals surface area contributed by atoms with Crippen LogP contribution in [0.15, 0.2) is 0 Å². The van der Waals surface area contributed by atoms with Crippen LogP contribution >= 0.6 is 0 Å². The Bertz CT molecular complexity index is 351. The fourth-order valence-electron chi connectivity index (χ4n) is 0.956. The Hall–Kier alpha value is -2.27. The molecular weight excluding hydrogens is 208 g/mol. The van der Waals surface area contributed by atoms with E-state index >= 15 is 0 Å². The van der Waals surface area contributed by atoms with Crippen LogP contribution in [-0.2, 0) is 9.59 Å². The summed E-state index contributed by atoms with van der Waals surface area (Å²) in [6, 6.07) is -0.795. The van der Waals surface area contributed by atoms with Crippen molar-refractivity contribution in [3.05, 3.63) is 0 Å². The van der Waals surface area contributed by atoms with Crippen molar-refractivity contribution in [2.24, 2.45) is 0 Å². The van der Waals surface area contributed by atoms with Gasteiger partial charge in [0.2, 0.25) is 11.8 Å². The van der Waals surface area contributed by atoms with Crippen LogP contribution in [0.2, 0.25) is 0 Å². The van der Waals surface area contributed by atoms with E-state index in [1.807, 2.05) is 0 Å². The smallest absolute Gasteiger partial charge is 0.275 e. The van der Waals surface area contributed by atoms with Crippen molar-refractivity contribution < 1.29 is 14.4 Å². The molecule has 0 aliphatic heterocycles. The second kappa shape index (κ2) is 6.26. The highest BCUT2D eigenvalue weighted by atomic mass is 16.2. The normalized spacial score (nSPS) is 8.50. The topological polar surface area (TPSA) is 57.7 Å². The van der Waals surface area contributed by atoms with Crippen molar-refractivity contribution >= 4 is 17.8 Å². The molecule has 0 atom stereocenters. The van der Waals surface area contributed by atoms with E-state index < -0.39 is 17.8 Å². The number of rotatable bonds is 2. The van der Waals surface area contributed by atoms with Gasteiger partial charge in [-0.15, -0.1) is 12.8 Å².